The first-order valence-electron chi connectivity index (χ1n) is 10.1. The Kier molecular flexibility index (Phi) is 7.18. The van der Waals surface area contributed by atoms with Gasteiger partial charge in [-0.3, -0.25) is 9.59 Å². The highest BCUT2D eigenvalue weighted by molar-refractivity contribution is 8.01. The first-order valence-corrected chi connectivity index (χ1v) is 11.1. The molecular formula is C22H30O3S. The summed E-state index contributed by atoms with van der Waals surface area (Å²) >= 11 is 1.50. The van der Waals surface area contributed by atoms with Gasteiger partial charge in [-0.05, 0) is 37.2 Å². The van der Waals surface area contributed by atoms with Gasteiger partial charge >= 0.3 is 5.97 Å². The molecule has 0 bridgehead atoms. The maximum absolute atomic E-state index is 12.6. The van der Waals surface area contributed by atoms with Gasteiger partial charge in [-0.2, -0.15) is 0 Å². The van der Waals surface area contributed by atoms with Gasteiger partial charge in [0.1, 0.15) is 5.25 Å². The molecule has 2 aliphatic rings. The molecule has 1 N–H and O–H groups in total. The number of carbonyl (C=O) groups is 2. The van der Waals surface area contributed by atoms with Crippen molar-refractivity contribution in [1.29, 1.82) is 0 Å². The Hall–Kier alpha value is -1.29. The lowest BCUT2D eigenvalue weighted by molar-refractivity contribution is -0.136. The van der Waals surface area contributed by atoms with E-state index in [0.717, 1.165) is 12.8 Å². The van der Waals surface area contributed by atoms with Gasteiger partial charge in [-0.15, -0.1) is 11.8 Å². The lowest BCUT2D eigenvalue weighted by atomic mass is 9.84. The minimum absolute atomic E-state index is 0.0455. The summed E-state index contributed by atoms with van der Waals surface area (Å²) in [6, 6.07) is 7.95. The van der Waals surface area contributed by atoms with Crippen molar-refractivity contribution in [3.63, 3.8) is 0 Å². The van der Waals surface area contributed by atoms with E-state index in [2.05, 4.69) is 12.1 Å². The number of benzene rings is 1. The van der Waals surface area contributed by atoms with E-state index in [1.165, 1.54) is 68.7 Å². The second-order valence-electron chi connectivity index (χ2n) is 7.81. The van der Waals surface area contributed by atoms with E-state index in [4.69, 9.17) is 0 Å². The first kappa shape index (κ1) is 19.5. The Morgan fingerprint density at radius 3 is 2.08 bits per heavy atom. The molecule has 1 aromatic carbocycles. The fourth-order valence-electron chi connectivity index (χ4n) is 4.29. The van der Waals surface area contributed by atoms with Gasteiger partial charge in [0.2, 0.25) is 0 Å². The van der Waals surface area contributed by atoms with Crippen LogP contribution in [0.5, 0.6) is 0 Å². The third-order valence-electron chi connectivity index (χ3n) is 5.86. The molecule has 142 valence electrons. The number of carbonyl (C=O) groups excluding carboxylic acids is 1. The number of hydrogen-bond donors (Lipinski definition) is 1. The molecule has 2 aliphatic carbocycles. The summed E-state index contributed by atoms with van der Waals surface area (Å²) in [6.07, 6.45) is 12.3. The largest absolute Gasteiger partial charge is 0.480 e. The van der Waals surface area contributed by atoms with Gasteiger partial charge in [-0.25, -0.2) is 0 Å². The van der Waals surface area contributed by atoms with E-state index in [0.29, 0.717) is 16.7 Å². The molecule has 1 aromatic rings. The van der Waals surface area contributed by atoms with E-state index in [1.54, 1.807) is 0 Å². The molecule has 1 unspecified atom stereocenters. The molecule has 0 heterocycles. The molecule has 0 spiro atoms. The Morgan fingerprint density at radius 1 is 0.923 bits per heavy atom. The van der Waals surface area contributed by atoms with Crippen LogP contribution >= 0.6 is 11.8 Å². The molecule has 2 fully saturated rings. The van der Waals surface area contributed by atoms with Crippen LogP contribution in [0, 0.1) is 0 Å². The van der Waals surface area contributed by atoms with Crippen molar-refractivity contribution >= 4 is 23.5 Å². The first-order chi connectivity index (χ1) is 12.6. The molecular weight excluding hydrogens is 344 g/mol. The number of carboxylic acids is 1. The van der Waals surface area contributed by atoms with Crippen LogP contribution in [0.15, 0.2) is 24.3 Å². The maximum Gasteiger partial charge on any atom is 0.317 e. The van der Waals surface area contributed by atoms with Crippen molar-refractivity contribution < 1.29 is 14.7 Å². The summed E-state index contributed by atoms with van der Waals surface area (Å²) in [5, 5.41) is 9.31. The van der Waals surface area contributed by atoms with E-state index < -0.39 is 11.2 Å². The zero-order chi connectivity index (χ0) is 18.4. The van der Waals surface area contributed by atoms with Crippen LogP contribution in [0.3, 0.4) is 0 Å². The summed E-state index contributed by atoms with van der Waals surface area (Å²) < 4.78 is 0. The molecule has 2 saturated carbocycles. The SMILES string of the molecule is O=C(CC(SC1CCCCC1)C(=O)O)c1ccc(C2CCCCC2)cc1. The minimum Gasteiger partial charge on any atom is -0.480 e. The predicted molar refractivity (Wildman–Crippen MR) is 107 cm³/mol. The number of Topliss-reactive ketones (excluding diaryl/α,β-unsaturated/α-hetero) is 1. The fraction of sp³-hybridized carbons (Fsp3) is 0.636. The standard InChI is InChI=1S/C22H30O3S/c23-20(15-21(22(24)25)26-19-9-5-2-6-10-19)18-13-11-17(12-14-18)16-7-3-1-4-8-16/h11-14,16,19,21H,1-10,15H2,(H,24,25). The third kappa shape index (κ3) is 5.35. The smallest absolute Gasteiger partial charge is 0.317 e. The minimum atomic E-state index is -0.854. The van der Waals surface area contributed by atoms with Gasteiger partial charge in [0.15, 0.2) is 5.78 Å². The molecule has 3 nitrogen and oxygen atoms in total. The molecule has 26 heavy (non-hydrogen) atoms. The summed E-state index contributed by atoms with van der Waals surface area (Å²) in [7, 11) is 0. The van der Waals surface area contributed by atoms with Crippen LogP contribution in [0.2, 0.25) is 0 Å². The lowest BCUT2D eigenvalue weighted by Gasteiger charge is -2.24. The topological polar surface area (TPSA) is 54.4 Å². The molecule has 1 atom stereocenters. The van der Waals surface area contributed by atoms with Crippen LogP contribution in [0.4, 0.5) is 0 Å². The second kappa shape index (κ2) is 9.59. The van der Waals surface area contributed by atoms with Crippen LogP contribution in [-0.4, -0.2) is 27.4 Å². The van der Waals surface area contributed by atoms with Crippen LogP contribution in [0.1, 0.15) is 92.5 Å². The molecule has 3 rings (SSSR count). The molecule has 0 aromatic heterocycles. The number of hydrogen-bond acceptors (Lipinski definition) is 3. The average Bonchev–Trinajstić information content (AvgIpc) is 2.69. The normalized spacial score (nSPS) is 20.6. The quantitative estimate of drug-likeness (QED) is 0.610. The monoisotopic (exact) mass is 374 g/mol. The number of carboxylic acid groups (broad SMARTS) is 1. The van der Waals surface area contributed by atoms with Gasteiger partial charge < -0.3 is 5.11 Å². The summed E-state index contributed by atoms with van der Waals surface area (Å²) in [5.74, 6) is -0.273. The Balaban J connectivity index is 1.58. The van der Waals surface area contributed by atoms with Crippen molar-refractivity contribution in [1.82, 2.24) is 0 Å². The highest BCUT2D eigenvalue weighted by Gasteiger charge is 2.27. The van der Waals surface area contributed by atoms with E-state index in [1.807, 2.05) is 12.1 Å². The van der Waals surface area contributed by atoms with Crippen molar-refractivity contribution in [2.24, 2.45) is 0 Å². The van der Waals surface area contributed by atoms with Crippen molar-refractivity contribution in [2.45, 2.75) is 87.0 Å². The third-order valence-corrected chi connectivity index (χ3v) is 7.42. The zero-order valence-corrected chi connectivity index (χ0v) is 16.3. The summed E-state index contributed by atoms with van der Waals surface area (Å²) in [5.41, 5.74) is 1.98. The number of aliphatic carboxylic acids is 1. The van der Waals surface area contributed by atoms with Crippen LogP contribution in [0.25, 0.3) is 0 Å². The van der Waals surface area contributed by atoms with Gasteiger partial charge in [-0.1, -0.05) is 62.8 Å². The Labute approximate surface area is 160 Å². The second-order valence-corrected chi connectivity index (χ2v) is 9.32. The molecule has 4 heteroatoms. The molecule has 0 radical (unpaired) electrons. The van der Waals surface area contributed by atoms with Crippen molar-refractivity contribution in [3.8, 4) is 0 Å². The van der Waals surface area contributed by atoms with Gasteiger partial charge in [0.05, 0.1) is 0 Å². The molecule has 0 aliphatic heterocycles. The van der Waals surface area contributed by atoms with E-state index in [9.17, 15) is 14.7 Å². The highest BCUT2D eigenvalue weighted by Crippen LogP contribution is 2.34. The summed E-state index contributed by atoms with van der Waals surface area (Å²) in [6.45, 7) is 0. The molecule has 0 saturated heterocycles. The van der Waals surface area contributed by atoms with Crippen molar-refractivity contribution in [3.05, 3.63) is 35.4 Å². The van der Waals surface area contributed by atoms with Gasteiger partial charge in [0, 0.05) is 17.2 Å². The Bertz CT molecular complexity index is 598. The Morgan fingerprint density at radius 2 is 1.50 bits per heavy atom. The van der Waals surface area contributed by atoms with Gasteiger partial charge in [0.25, 0.3) is 0 Å². The molecule has 0 amide bonds. The van der Waals surface area contributed by atoms with Crippen LogP contribution in [-0.2, 0) is 4.79 Å². The van der Waals surface area contributed by atoms with Crippen LogP contribution < -0.4 is 0 Å². The predicted octanol–water partition coefficient (Wildman–Crippen LogP) is 5.83. The number of ketones is 1. The fourth-order valence-corrected chi connectivity index (χ4v) is 5.72. The number of rotatable bonds is 7. The van der Waals surface area contributed by atoms with E-state index in [-0.39, 0.29) is 12.2 Å². The van der Waals surface area contributed by atoms with Crippen molar-refractivity contribution in [2.75, 3.05) is 0 Å². The van der Waals surface area contributed by atoms with E-state index >= 15 is 0 Å². The zero-order valence-electron chi connectivity index (χ0n) is 15.5. The maximum atomic E-state index is 12.6. The average molecular weight is 375 g/mol. The highest BCUT2D eigenvalue weighted by atomic mass is 32.2. The summed E-state index contributed by atoms with van der Waals surface area (Å²) in [4.78, 5) is 24.2. The lowest BCUT2D eigenvalue weighted by Crippen LogP contribution is -2.24. The number of thioether (sulfide) groups is 1.